The van der Waals surface area contributed by atoms with Crippen molar-refractivity contribution >= 4 is 5.97 Å². The Morgan fingerprint density at radius 1 is 1.58 bits per heavy atom. The summed E-state index contributed by atoms with van der Waals surface area (Å²) in [5, 5.41) is 9.11. The van der Waals surface area contributed by atoms with Crippen LogP contribution in [0.4, 0.5) is 4.53 Å². The normalized spacial score (nSPS) is 9.50. The summed E-state index contributed by atoms with van der Waals surface area (Å²) in [6.07, 6.45) is 0. The van der Waals surface area contributed by atoms with Crippen LogP contribution in [-0.4, -0.2) is 11.1 Å². The third-order valence-electron chi connectivity index (χ3n) is 1.60. The standard InChI is InChI=1S/C8H7FO3/c1-5-6(8(11)12-9)3-2-4-7(5)10/h2-4,10H,1H3. The van der Waals surface area contributed by atoms with E-state index in [-0.39, 0.29) is 11.3 Å². The molecule has 12 heavy (non-hydrogen) atoms. The Balaban J connectivity index is 3.16. The van der Waals surface area contributed by atoms with Gasteiger partial charge in [-0.25, -0.2) is 9.74 Å². The molecule has 0 saturated heterocycles. The Morgan fingerprint density at radius 3 is 2.83 bits per heavy atom. The number of hydrogen-bond donors (Lipinski definition) is 1. The molecule has 4 heteroatoms. The van der Waals surface area contributed by atoms with Crippen LogP contribution in [-0.2, 0) is 4.94 Å². The average molecular weight is 170 g/mol. The second-order valence-electron chi connectivity index (χ2n) is 2.31. The van der Waals surface area contributed by atoms with Crippen LogP contribution in [0.25, 0.3) is 0 Å². The van der Waals surface area contributed by atoms with Crippen LogP contribution in [0, 0.1) is 6.92 Å². The monoisotopic (exact) mass is 170 g/mol. The van der Waals surface area contributed by atoms with E-state index in [0.717, 1.165) is 0 Å². The van der Waals surface area contributed by atoms with Gasteiger partial charge in [-0.1, -0.05) is 6.07 Å². The number of carbonyl (C=O) groups is 1. The highest BCUT2D eigenvalue weighted by Gasteiger charge is 2.12. The molecule has 0 atom stereocenters. The Morgan fingerprint density at radius 2 is 2.25 bits per heavy atom. The van der Waals surface area contributed by atoms with Crippen molar-refractivity contribution in [3.05, 3.63) is 29.3 Å². The molecular weight excluding hydrogens is 163 g/mol. The predicted octanol–water partition coefficient (Wildman–Crippen LogP) is 1.74. The molecule has 0 spiro atoms. The van der Waals surface area contributed by atoms with Gasteiger partial charge in [-0.15, -0.1) is 0 Å². The number of rotatable bonds is 1. The maximum Gasteiger partial charge on any atom is 0.379 e. The van der Waals surface area contributed by atoms with E-state index in [1.165, 1.54) is 25.1 Å². The fourth-order valence-corrected chi connectivity index (χ4v) is 0.886. The molecule has 0 aliphatic rings. The zero-order chi connectivity index (χ0) is 9.14. The van der Waals surface area contributed by atoms with Crippen molar-refractivity contribution in [2.24, 2.45) is 0 Å². The number of benzene rings is 1. The molecule has 0 bridgehead atoms. The zero-order valence-corrected chi connectivity index (χ0v) is 6.37. The number of phenolic OH excluding ortho intramolecular Hbond substituents is 1. The molecule has 0 radical (unpaired) electrons. The lowest BCUT2D eigenvalue weighted by molar-refractivity contribution is -0.0788. The van der Waals surface area contributed by atoms with Gasteiger partial charge in [0.05, 0.1) is 5.56 Å². The van der Waals surface area contributed by atoms with Gasteiger partial charge in [0.25, 0.3) is 0 Å². The molecule has 0 aliphatic heterocycles. The topological polar surface area (TPSA) is 46.5 Å². The van der Waals surface area contributed by atoms with Crippen molar-refractivity contribution in [3.63, 3.8) is 0 Å². The lowest BCUT2D eigenvalue weighted by Crippen LogP contribution is -2.01. The van der Waals surface area contributed by atoms with Crippen molar-refractivity contribution in [1.82, 2.24) is 0 Å². The van der Waals surface area contributed by atoms with Gasteiger partial charge in [0.15, 0.2) is 0 Å². The van der Waals surface area contributed by atoms with Crippen LogP contribution in [0.2, 0.25) is 0 Å². The highest BCUT2D eigenvalue weighted by Crippen LogP contribution is 2.19. The molecule has 3 nitrogen and oxygen atoms in total. The summed E-state index contributed by atoms with van der Waals surface area (Å²) < 4.78 is 11.5. The largest absolute Gasteiger partial charge is 0.508 e. The summed E-state index contributed by atoms with van der Waals surface area (Å²) in [5.74, 6) is -1.15. The minimum absolute atomic E-state index is 0.0255. The number of phenols is 1. The molecule has 1 N–H and O–H groups in total. The molecule has 0 fully saturated rings. The smallest absolute Gasteiger partial charge is 0.379 e. The van der Waals surface area contributed by atoms with Crippen molar-refractivity contribution in [1.29, 1.82) is 0 Å². The summed E-state index contributed by atoms with van der Waals surface area (Å²) in [6, 6.07) is 4.22. The minimum atomic E-state index is -1.09. The van der Waals surface area contributed by atoms with Crippen LogP contribution in [0.15, 0.2) is 18.2 Å². The van der Waals surface area contributed by atoms with E-state index >= 15 is 0 Å². The molecule has 0 unspecified atom stereocenters. The highest BCUT2D eigenvalue weighted by atomic mass is 19.3. The second kappa shape index (κ2) is 3.21. The first-order valence-corrected chi connectivity index (χ1v) is 3.28. The maximum absolute atomic E-state index is 11.5. The first kappa shape index (κ1) is 8.52. The summed E-state index contributed by atoms with van der Waals surface area (Å²) in [7, 11) is 0. The van der Waals surface area contributed by atoms with E-state index in [4.69, 9.17) is 5.11 Å². The van der Waals surface area contributed by atoms with Crippen LogP contribution < -0.4 is 0 Å². The van der Waals surface area contributed by atoms with E-state index < -0.39 is 5.97 Å². The first-order valence-electron chi connectivity index (χ1n) is 3.28. The lowest BCUT2D eigenvalue weighted by Gasteiger charge is -2.01. The highest BCUT2D eigenvalue weighted by molar-refractivity contribution is 5.91. The minimum Gasteiger partial charge on any atom is -0.508 e. The molecule has 64 valence electrons. The van der Waals surface area contributed by atoms with E-state index in [2.05, 4.69) is 4.94 Å². The number of halogens is 1. The van der Waals surface area contributed by atoms with Crippen molar-refractivity contribution < 1.29 is 19.4 Å². The van der Waals surface area contributed by atoms with Crippen LogP contribution in [0.1, 0.15) is 15.9 Å². The van der Waals surface area contributed by atoms with E-state index in [9.17, 15) is 9.32 Å². The molecule has 0 aromatic heterocycles. The van der Waals surface area contributed by atoms with Crippen LogP contribution in [0.3, 0.4) is 0 Å². The van der Waals surface area contributed by atoms with Gasteiger partial charge < -0.3 is 5.11 Å². The predicted molar refractivity (Wildman–Crippen MR) is 39.4 cm³/mol. The second-order valence-corrected chi connectivity index (χ2v) is 2.31. The van der Waals surface area contributed by atoms with Gasteiger partial charge in [-0.05, 0) is 19.1 Å². The molecule has 1 aromatic carbocycles. The first-order chi connectivity index (χ1) is 5.66. The molecule has 0 aliphatic carbocycles. The van der Waals surface area contributed by atoms with Crippen LogP contribution in [0.5, 0.6) is 5.75 Å². The number of hydrogen-bond acceptors (Lipinski definition) is 3. The maximum atomic E-state index is 11.5. The quantitative estimate of drug-likeness (QED) is 0.698. The van der Waals surface area contributed by atoms with Gasteiger partial charge in [-0.2, -0.15) is 0 Å². The molecule has 1 aromatic rings. The SMILES string of the molecule is Cc1c(O)cccc1C(=O)OF. The van der Waals surface area contributed by atoms with Gasteiger partial charge in [0.1, 0.15) is 5.75 Å². The third kappa shape index (κ3) is 1.37. The molecule has 1 rings (SSSR count). The fourth-order valence-electron chi connectivity index (χ4n) is 0.886. The summed E-state index contributed by atoms with van der Waals surface area (Å²) in [4.78, 5) is 13.7. The Kier molecular flexibility index (Phi) is 2.28. The summed E-state index contributed by atoms with van der Waals surface area (Å²) in [6.45, 7) is 1.50. The van der Waals surface area contributed by atoms with Gasteiger partial charge >= 0.3 is 5.97 Å². The average Bonchev–Trinajstić information content (AvgIpc) is 2.08. The van der Waals surface area contributed by atoms with Crippen molar-refractivity contribution in [2.75, 3.05) is 0 Å². The Hall–Kier alpha value is -1.58. The van der Waals surface area contributed by atoms with Crippen molar-refractivity contribution in [2.45, 2.75) is 6.92 Å². The third-order valence-corrected chi connectivity index (χ3v) is 1.60. The molecule has 0 amide bonds. The Labute approximate surface area is 68.3 Å². The van der Waals surface area contributed by atoms with Gasteiger partial charge in [0.2, 0.25) is 0 Å². The van der Waals surface area contributed by atoms with Gasteiger partial charge in [0, 0.05) is 10.1 Å². The fraction of sp³-hybridized carbons (Fsp3) is 0.125. The molecule has 0 heterocycles. The van der Waals surface area contributed by atoms with E-state index in [0.29, 0.717) is 5.56 Å². The van der Waals surface area contributed by atoms with E-state index in [1.54, 1.807) is 0 Å². The molecular formula is C8H7FO3. The van der Waals surface area contributed by atoms with Crippen LogP contribution >= 0.6 is 0 Å². The Bertz CT molecular complexity index is 309. The van der Waals surface area contributed by atoms with E-state index in [1.807, 2.05) is 0 Å². The zero-order valence-electron chi connectivity index (χ0n) is 6.37. The summed E-state index contributed by atoms with van der Waals surface area (Å²) in [5.41, 5.74) is 0.331. The number of carbonyl (C=O) groups excluding carboxylic acids is 1. The lowest BCUT2D eigenvalue weighted by atomic mass is 10.1. The number of aromatic hydroxyl groups is 1. The van der Waals surface area contributed by atoms with Crippen molar-refractivity contribution in [3.8, 4) is 5.75 Å². The summed E-state index contributed by atoms with van der Waals surface area (Å²) >= 11 is 0. The molecule has 0 saturated carbocycles. The van der Waals surface area contributed by atoms with Gasteiger partial charge in [-0.3, -0.25) is 0 Å².